The van der Waals surface area contributed by atoms with Gasteiger partial charge in [-0.05, 0) is 24.6 Å². The lowest BCUT2D eigenvalue weighted by molar-refractivity contribution is -0.150. The van der Waals surface area contributed by atoms with E-state index in [0.717, 1.165) is 11.8 Å². The molecule has 1 N–H and O–H groups in total. The fraction of sp³-hybridized carbons (Fsp3) is 0.333. The van der Waals surface area contributed by atoms with Gasteiger partial charge in [0.05, 0.1) is 36.1 Å². The Kier molecular flexibility index (Phi) is 7.28. The zero-order chi connectivity index (χ0) is 20.0. The van der Waals surface area contributed by atoms with Gasteiger partial charge in [0.2, 0.25) is 5.91 Å². The molecule has 1 aromatic rings. The zero-order valence-electron chi connectivity index (χ0n) is 14.7. The second kappa shape index (κ2) is 9.44. The zero-order valence-corrected chi connectivity index (χ0v) is 16.2. The highest BCUT2D eigenvalue weighted by Crippen LogP contribution is 2.40. The van der Waals surface area contributed by atoms with Gasteiger partial charge in [0, 0.05) is 10.9 Å². The highest BCUT2D eigenvalue weighted by Gasteiger charge is 2.44. The molecule has 1 aliphatic heterocycles. The van der Waals surface area contributed by atoms with Gasteiger partial charge in [-0.15, -0.1) is 0 Å². The van der Waals surface area contributed by atoms with Crippen LogP contribution >= 0.6 is 23.4 Å². The fourth-order valence-electron chi connectivity index (χ4n) is 2.68. The molecule has 0 saturated carbocycles. The van der Waals surface area contributed by atoms with Crippen LogP contribution in [0.1, 0.15) is 18.4 Å². The number of nitriles is 1. The molecule has 0 saturated heterocycles. The Morgan fingerprint density at radius 3 is 2.56 bits per heavy atom. The molecule has 0 radical (unpaired) electrons. The van der Waals surface area contributed by atoms with Crippen molar-refractivity contribution in [2.45, 2.75) is 12.8 Å². The van der Waals surface area contributed by atoms with Crippen LogP contribution in [0.4, 0.5) is 0 Å². The lowest BCUT2D eigenvalue weighted by Gasteiger charge is -2.30. The van der Waals surface area contributed by atoms with E-state index in [9.17, 15) is 19.6 Å². The van der Waals surface area contributed by atoms with E-state index >= 15 is 0 Å². The van der Waals surface area contributed by atoms with Crippen LogP contribution in [0.2, 0.25) is 5.02 Å². The lowest BCUT2D eigenvalue weighted by Crippen LogP contribution is -2.44. The molecular weight excluding hydrogens is 392 g/mol. The predicted molar refractivity (Wildman–Crippen MR) is 99.6 cm³/mol. The first kappa shape index (κ1) is 20.8. The molecule has 27 heavy (non-hydrogen) atoms. The number of benzene rings is 1. The molecule has 2 rings (SSSR count). The average Bonchev–Trinajstić information content (AvgIpc) is 2.66. The minimum Gasteiger partial charge on any atom is -0.468 e. The van der Waals surface area contributed by atoms with Crippen molar-refractivity contribution < 1.29 is 23.9 Å². The van der Waals surface area contributed by atoms with E-state index in [0.29, 0.717) is 10.6 Å². The van der Waals surface area contributed by atoms with Crippen molar-refractivity contribution in [2.75, 3.05) is 19.5 Å². The molecule has 7 nitrogen and oxygen atoms in total. The molecule has 0 aromatic heterocycles. The minimum atomic E-state index is -1.22. The Morgan fingerprint density at radius 2 is 2.00 bits per heavy atom. The van der Waals surface area contributed by atoms with Crippen LogP contribution in [-0.4, -0.2) is 37.3 Å². The summed E-state index contributed by atoms with van der Waals surface area (Å²) in [6.45, 7) is 1.91. The molecule has 1 heterocycles. The predicted octanol–water partition coefficient (Wildman–Crippen LogP) is 2.37. The number of nitrogens with one attached hydrogen (secondary N) is 1. The smallest absolute Gasteiger partial charge is 0.319 e. The molecule has 1 aromatic carbocycles. The maximum absolute atomic E-state index is 12.6. The van der Waals surface area contributed by atoms with Crippen LogP contribution in [0.25, 0.3) is 0 Å². The average molecular weight is 409 g/mol. The van der Waals surface area contributed by atoms with E-state index in [1.807, 2.05) is 0 Å². The third-order valence-corrected chi connectivity index (χ3v) is 5.10. The van der Waals surface area contributed by atoms with Crippen molar-refractivity contribution in [1.82, 2.24) is 5.32 Å². The standard InChI is InChI=1S/C18H17ClN2O5S/c1-3-26-13(22)9-27-17-12(8-20)14(10-4-6-11(19)7-5-10)15(16(23)21-17)18(24)25-2/h4-7,14-15H,3,9H2,1-2H3,(H,21,23)/t14?,15-/m0/s1. The maximum atomic E-state index is 12.6. The second-order valence-corrected chi connectivity index (χ2v) is 6.89. The summed E-state index contributed by atoms with van der Waals surface area (Å²) in [6.07, 6.45) is 0. The Hall–Kier alpha value is -2.50. The number of methoxy groups -OCH3 is 1. The van der Waals surface area contributed by atoms with Crippen LogP contribution in [0, 0.1) is 17.2 Å². The normalized spacial score (nSPS) is 19.1. The van der Waals surface area contributed by atoms with E-state index < -0.39 is 29.7 Å². The van der Waals surface area contributed by atoms with E-state index in [4.69, 9.17) is 21.1 Å². The van der Waals surface area contributed by atoms with Crippen LogP contribution in [0.5, 0.6) is 0 Å². The number of esters is 2. The number of rotatable bonds is 6. The van der Waals surface area contributed by atoms with Gasteiger partial charge in [0.25, 0.3) is 0 Å². The van der Waals surface area contributed by atoms with Crippen LogP contribution < -0.4 is 5.32 Å². The van der Waals surface area contributed by atoms with Crippen LogP contribution in [0.15, 0.2) is 34.9 Å². The van der Waals surface area contributed by atoms with E-state index in [1.54, 1.807) is 31.2 Å². The summed E-state index contributed by atoms with van der Waals surface area (Å²) < 4.78 is 9.62. The first-order valence-corrected chi connectivity index (χ1v) is 9.36. The number of thioether (sulfide) groups is 1. The summed E-state index contributed by atoms with van der Waals surface area (Å²) in [7, 11) is 1.18. The molecule has 0 fully saturated rings. The van der Waals surface area contributed by atoms with Crippen molar-refractivity contribution in [2.24, 2.45) is 5.92 Å². The number of halogens is 1. The number of carbonyl (C=O) groups is 3. The monoisotopic (exact) mass is 408 g/mol. The summed E-state index contributed by atoms with van der Waals surface area (Å²) in [5.74, 6) is -3.98. The summed E-state index contributed by atoms with van der Waals surface area (Å²) >= 11 is 6.89. The Labute approximate surface area is 165 Å². The summed E-state index contributed by atoms with van der Waals surface area (Å²) in [6, 6.07) is 8.56. The van der Waals surface area contributed by atoms with Gasteiger partial charge in [-0.25, -0.2) is 0 Å². The number of hydrogen-bond acceptors (Lipinski definition) is 7. The largest absolute Gasteiger partial charge is 0.468 e. The molecule has 142 valence electrons. The third kappa shape index (κ3) is 4.81. The number of amides is 1. The number of ether oxygens (including phenoxy) is 2. The molecule has 2 atom stereocenters. The minimum absolute atomic E-state index is 0.0785. The van der Waals surface area contributed by atoms with Crippen molar-refractivity contribution in [1.29, 1.82) is 5.26 Å². The highest BCUT2D eigenvalue weighted by molar-refractivity contribution is 8.03. The van der Waals surface area contributed by atoms with Crippen molar-refractivity contribution in [3.63, 3.8) is 0 Å². The van der Waals surface area contributed by atoms with Gasteiger partial charge in [0.1, 0.15) is 5.92 Å². The SMILES string of the molecule is CCOC(=O)CSC1=C(C#N)C(c2ccc(Cl)cc2)[C@H](C(=O)OC)C(=O)N1. The van der Waals surface area contributed by atoms with E-state index in [2.05, 4.69) is 11.4 Å². The Bertz CT molecular complexity index is 816. The fourth-order valence-corrected chi connectivity index (χ4v) is 3.66. The summed E-state index contributed by atoms with van der Waals surface area (Å²) in [4.78, 5) is 36.4. The van der Waals surface area contributed by atoms with Crippen LogP contribution in [0.3, 0.4) is 0 Å². The quantitative estimate of drug-likeness (QED) is 0.569. The number of hydrogen-bond donors (Lipinski definition) is 1. The van der Waals surface area contributed by atoms with Gasteiger partial charge in [-0.2, -0.15) is 5.26 Å². The highest BCUT2D eigenvalue weighted by atomic mass is 35.5. The topological polar surface area (TPSA) is 105 Å². The Morgan fingerprint density at radius 1 is 1.33 bits per heavy atom. The number of carbonyl (C=O) groups excluding carboxylic acids is 3. The van der Waals surface area contributed by atoms with Gasteiger partial charge >= 0.3 is 11.9 Å². The first-order chi connectivity index (χ1) is 12.9. The van der Waals surface area contributed by atoms with Crippen molar-refractivity contribution in [3.05, 3.63) is 45.5 Å². The van der Waals surface area contributed by atoms with Crippen molar-refractivity contribution in [3.8, 4) is 6.07 Å². The van der Waals surface area contributed by atoms with Gasteiger partial charge in [0.15, 0.2) is 0 Å². The third-order valence-electron chi connectivity index (χ3n) is 3.85. The molecule has 1 aliphatic rings. The molecule has 0 bridgehead atoms. The summed E-state index contributed by atoms with van der Waals surface area (Å²) in [5.41, 5.74) is 0.733. The lowest BCUT2D eigenvalue weighted by atomic mass is 9.78. The molecule has 1 unspecified atom stereocenters. The number of allylic oxidation sites excluding steroid dienone is 1. The second-order valence-electron chi connectivity index (χ2n) is 5.47. The molecule has 1 amide bonds. The first-order valence-electron chi connectivity index (χ1n) is 7.99. The van der Waals surface area contributed by atoms with Gasteiger partial charge in [-0.3, -0.25) is 14.4 Å². The summed E-state index contributed by atoms with van der Waals surface area (Å²) in [5, 5.41) is 12.9. The van der Waals surface area contributed by atoms with Gasteiger partial charge in [-0.1, -0.05) is 35.5 Å². The Balaban J connectivity index is 2.48. The maximum Gasteiger partial charge on any atom is 0.319 e. The van der Waals surface area contributed by atoms with Crippen LogP contribution in [-0.2, 0) is 23.9 Å². The molecule has 0 aliphatic carbocycles. The molecule has 0 spiro atoms. The van der Waals surface area contributed by atoms with E-state index in [1.165, 1.54) is 7.11 Å². The van der Waals surface area contributed by atoms with Crippen molar-refractivity contribution >= 4 is 41.2 Å². The van der Waals surface area contributed by atoms with Gasteiger partial charge < -0.3 is 14.8 Å². The molecule has 9 heteroatoms. The molecular formula is C18H17ClN2O5S. The number of nitrogens with zero attached hydrogens (tertiary/aromatic N) is 1. The van der Waals surface area contributed by atoms with E-state index in [-0.39, 0.29) is 23.0 Å².